The van der Waals surface area contributed by atoms with Crippen molar-refractivity contribution in [1.29, 1.82) is 0 Å². The van der Waals surface area contributed by atoms with Gasteiger partial charge in [0.05, 0.1) is 0 Å². The summed E-state index contributed by atoms with van der Waals surface area (Å²) in [6, 6.07) is 7.50. The smallest absolute Gasteiger partial charge is 0.407 e. The minimum absolute atomic E-state index is 0.0751. The zero-order chi connectivity index (χ0) is 18.4. The summed E-state index contributed by atoms with van der Waals surface area (Å²) < 4.78 is 6.15. The van der Waals surface area contributed by atoms with E-state index in [0.29, 0.717) is 18.0 Å². The normalized spacial score (nSPS) is 17.9. The van der Waals surface area contributed by atoms with E-state index < -0.39 is 5.60 Å². The van der Waals surface area contributed by atoms with Crippen molar-refractivity contribution in [3.8, 4) is 0 Å². The SMILES string of the molecule is CC(C)(C)OC(=O)NCC[C@@H]1CCCN(C(=O)c2cccc(Br)c2)C1. The minimum Gasteiger partial charge on any atom is -0.444 e. The molecule has 1 aliphatic heterocycles. The fourth-order valence-corrected chi connectivity index (χ4v) is 3.38. The summed E-state index contributed by atoms with van der Waals surface area (Å²) in [7, 11) is 0. The summed E-state index contributed by atoms with van der Waals surface area (Å²) in [6.45, 7) is 7.64. The number of hydrogen-bond donors (Lipinski definition) is 1. The molecule has 1 heterocycles. The molecule has 1 aromatic carbocycles. The highest BCUT2D eigenvalue weighted by molar-refractivity contribution is 9.10. The van der Waals surface area contributed by atoms with Crippen molar-refractivity contribution in [2.45, 2.75) is 45.6 Å². The molecule has 1 fully saturated rings. The molecule has 5 nitrogen and oxygen atoms in total. The molecule has 1 aliphatic rings. The van der Waals surface area contributed by atoms with Crippen LogP contribution in [0.4, 0.5) is 4.79 Å². The van der Waals surface area contributed by atoms with E-state index in [0.717, 1.165) is 36.8 Å². The molecule has 2 amide bonds. The number of nitrogens with one attached hydrogen (secondary N) is 1. The first-order valence-corrected chi connectivity index (χ1v) is 9.55. The van der Waals surface area contributed by atoms with Crippen molar-refractivity contribution in [2.75, 3.05) is 19.6 Å². The summed E-state index contributed by atoms with van der Waals surface area (Å²) in [5, 5.41) is 2.80. The number of rotatable bonds is 4. The van der Waals surface area contributed by atoms with Crippen LogP contribution in [0.5, 0.6) is 0 Å². The lowest BCUT2D eigenvalue weighted by molar-refractivity contribution is 0.0514. The highest BCUT2D eigenvalue weighted by Gasteiger charge is 2.24. The van der Waals surface area contributed by atoms with Crippen LogP contribution in [0.2, 0.25) is 0 Å². The molecule has 0 aromatic heterocycles. The molecule has 0 unspecified atom stereocenters. The van der Waals surface area contributed by atoms with E-state index in [1.165, 1.54) is 0 Å². The van der Waals surface area contributed by atoms with Gasteiger partial charge in [-0.15, -0.1) is 0 Å². The maximum Gasteiger partial charge on any atom is 0.407 e. The Labute approximate surface area is 158 Å². The van der Waals surface area contributed by atoms with Crippen molar-refractivity contribution < 1.29 is 14.3 Å². The van der Waals surface area contributed by atoms with E-state index >= 15 is 0 Å². The average Bonchev–Trinajstić information content (AvgIpc) is 2.53. The number of piperidine rings is 1. The van der Waals surface area contributed by atoms with Gasteiger partial charge in [0.25, 0.3) is 5.91 Å². The molecule has 1 saturated heterocycles. The van der Waals surface area contributed by atoms with Crippen molar-refractivity contribution in [2.24, 2.45) is 5.92 Å². The van der Waals surface area contributed by atoms with E-state index in [2.05, 4.69) is 21.2 Å². The first-order chi connectivity index (χ1) is 11.7. The monoisotopic (exact) mass is 410 g/mol. The average molecular weight is 411 g/mol. The lowest BCUT2D eigenvalue weighted by Crippen LogP contribution is -2.41. The molecule has 25 heavy (non-hydrogen) atoms. The minimum atomic E-state index is -0.484. The third-order valence-corrected chi connectivity index (χ3v) is 4.59. The lowest BCUT2D eigenvalue weighted by Gasteiger charge is -2.33. The molecular weight excluding hydrogens is 384 g/mol. The molecule has 0 spiro atoms. The molecule has 138 valence electrons. The third-order valence-electron chi connectivity index (χ3n) is 4.10. The molecule has 0 radical (unpaired) electrons. The van der Waals surface area contributed by atoms with Gasteiger partial charge in [-0.25, -0.2) is 4.79 Å². The summed E-state index contributed by atoms with van der Waals surface area (Å²) in [4.78, 5) is 26.3. The number of benzene rings is 1. The predicted molar refractivity (Wildman–Crippen MR) is 102 cm³/mol. The van der Waals surface area contributed by atoms with Crippen LogP contribution < -0.4 is 5.32 Å². The van der Waals surface area contributed by atoms with Crippen molar-refractivity contribution >= 4 is 27.9 Å². The van der Waals surface area contributed by atoms with Crippen LogP contribution in [0.3, 0.4) is 0 Å². The second-order valence-corrected chi connectivity index (χ2v) is 8.40. The number of halogens is 1. The van der Waals surface area contributed by atoms with E-state index in [1.54, 1.807) is 0 Å². The summed E-state index contributed by atoms with van der Waals surface area (Å²) in [5.74, 6) is 0.478. The number of amides is 2. The number of alkyl carbamates (subject to hydrolysis) is 1. The van der Waals surface area contributed by atoms with Crippen LogP contribution >= 0.6 is 15.9 Å². The fourth-order valence-electron chi connectivity index (χ4n) is 2.98. The molecule has 1 N–H and O–H groups in total. The zero-order valence-corrected chi connectivity index (χ0v) is 16.8. The first kappa shape index (κ1) is 19.8. The second kappa shape index (κ2) is 8.70. The van der Waals surface area contributed by atoms with Crippen LogP contribution in [0.1, 0.15) is 50.4 Å². The Balaban J connectivity index is 1.80. The standard InChI is InChI=1S/C19H27BrN2O3/c1-19(2,3)25-18(24)21-10-9-14-6-5-11-22(13-14)17(23)15-7-4-8-16(20)12-15/h4,7-8,12,14H,5-6,9-11,13H2,1-3H3,(H,21,24)/t14-/m0/s1. The highest BCUT2D eigenvalue weighted by atomic mass is 79.9. The number of carbonyl (C=O) groups is 2. The van der Waals surface area contributed by atoms with Gasteiger partial charge in [0.2, 0.25) is 0 Å². The van der Waals surface area contributed by atoms with Crippen LogP contribution in [-0.2, 0) is 4.74 Å². The molecule has 1 atom stereocenters. The maximum atomic E-state index is 12.7. The molecule has 1 aromatic rings. The molecular formula is C19H27BrN2O3. The van der Waals surface area contributed by atoms with Crippen molar-refractivity contribution in [3.63, 3.8) is 0 Å². The Kier molecular flexibility index (Phi) is 6.87. The van der Waals surface area contributed by atoms with Gasteiger partial charge in [-0.05, 0) is 64.2 Å². The summed E-state index contributed by atoms with van der Waals surface area (Å²) >= 11 is 3.41. The largest absolute Gasteiger partial charge is 0.444 e. The zero-order valence-electron chi connectivity index (χ0n) is 15.2. The summed E-state index contributed by atoms with van der Waals surface area (Å²) in [6.07, 6.45) is 2.54. The van der Waals surface area contributed by atoms with Crippen LogP contribution in [0.25, 0.3) is 0 Å². The van der Waals surface area contributed by atoms with Gasteiger partial charge >= 0.3 is 6.09 Å². The first-order valence-electron chi connectivity index (χ1n) is 8.76. The van der Waals surface area contributed by atoms with Crippen LogP contribution in [0.15, 0.2) is 28.7 Å². The summed E-state index contributed by atoms with van der Waals surface area (Å²) in [5.41, 5.74) is 0.226. The lowest BCUT2D eigenvalue weighted by atomic mass is 9.94. The Morgan fingerprint density at radius 1 is 1.36 bits per heavy atom. The molecule has 0 aliphatic carbocycles. The number of hydrogen-bond acceptors (Lipinski definition) is 3. The molecule has 0 bridgehead atoms. The predicted octanol–water partition coefficient (Wildman–Crippen LogP) is 4.22. The Morgan fingerprint density at radius 2 is 2.12 bits per heavy atom. The molecule has 2 rings (SSSR count). The van der Waals surface area contributed by atoms with Gasteiger partial charge in [-0.1, -0.05) is 22.0 Å². The van der Waals surface area contributed by atoms with Crippen LogP contribution in [0, 0.1) is 5.92 Å². The fraction of sp³-hybridized carbons (Fsp3) is 0.579. The van der Waals surface area contributed by atoms with E-state index in [4.69, 9.17) is 4.74 Å². The molecule has 6 heteroatoms. The van der Waals surface area contributed by atoms with Gasteiger partial charge in [-0.3, -0.25) is 4.79 Å². The number of likely N-dealkylation sites (tertiary alicyclic amines) is 1. The van der Waals surface area contributed by atoms with Gasteiger partial charge in [0.1, 0.15) is 5.60 Å². The van der Waals surface area contributed by atoms with Gasteiger partial charge in [-0.2, -0.15) is 0 Å². The van der Waals surface area contributed by atoms with Crippen LogP contribution in [-0.4, -0.2) is 42.1 Å². The van der Waals surface area contributed by atoms with Gasteiger partial charge in [0, 0.05) is 29.7 Å². The quantitative estimate of drug-likeness (QED) is 0.807. The van der Waals surface area contributed by atoms with Gasteiger partial charge < -0.3 is 15.0 Å². The number of ether oxygens (including phenoxy) is 1. The Bertz CT molecular complexity index is 613. The maximum absolute atomic E-state index is 12.7. The highest BCUT2D eigenvalue weighted by Crippen LogP contribution is 2.22. The van der Waals surface area contributed by atoms with E-state index in [9.17, 15) is 9.59 Å². The second-order valence-electron chi connectivity index (χ2n) is 7.49. The third kappa shape index (κ3) is 6.69. The number of carbonyl (C=O) groups excluding carboxylic acids is 2. The Morgan fingerprint density at radius 3 is 2.80 bits per heavy atom. The number of nitrogens with zero attached hydrogens (tertiary/aromatic N) is 1. The Hall–Kier alpha value is -1.56. The molecule has 0 saturated carbocycles. The topological polar surface area (TPSA) is 58.6 Å². The van der Waals surface area contributed by atoms with E-state index in [1.807, 2.05) is 49.9 Å². The van der Waals surface area contributed by atoms with Crippen molar-refractivity contribution in [1.82, 2.24) is 10.2 Å². The van der Waals surface area contributed by atoms with E-state index in [-0.39, 0.29) is 12.0 Å². The van der Waals surface area contributed by atoms with Crippen molar-refractivity contribution in [3.05, 3.63) is 34.3 Å². The van der Waals surface area contributed by atoms with Gasteiger partial charge in [0.15, 0.2) is 0 Å².